The fourth-order valence-electron chi connectivity index (χ4n) is 2.52. The fourth-order valence-corrected chi connectivity index (χ4v) is 3.47. The van der Waals surface area contributed by atoms with Gasteiger partial charge in [0, 0.05) is 22.2 Å². The Morgan fingerprint density at radius 2 is 1.85 bits per heavy atom. The number of anilines is 2. The molecule has 1 aliphatic heterocycles. The number of amidine groups is 1. The minimum Gasteiger partial charge on any atom is -0.399 e. The third-order valence-electron chi connectivity index (χ3n) is 4.22. The zero-order chi connectivity index (χ0) is 19.2. The molecule has 0 aromatic heterocycles. The molecule has 7 heteroatoms. The van der Waals surface area contributed by atoms with E-state index in [1.807, 2.05) is 31.2 Å². The zero-order valence-corrected chi connectivity index (χ0v) is 16.2. The van der Waals surface area contributed by atoms with Crippen LogP contribution in [0.4, 0.5) is 11.4 Å². The summed E-state index contributed by atoms with van der Waals surface area (Å²) in [4.78, 5) is 16.6. The summed E-state index contributed by atoms with van der Waals surface area (Å²) < 4.78 is 0. The summed E-state index contributed by atoms with van der Waals surface area (Å²) in [5, 5.41) is 9.07. The normalized spacial score (nSPS) is 16.7. The maximum absolute atomic E-state index is 12.1. The second kappa shape index (κ2) is 8.73. The van der Waals surface area contributed by atoms with Crippen LogP contribution in [0.2, 0.25) is 0 Å². The van der Waals surface area contributed by atoms with E-state index in [-0.39, 0.29) is 5.91 Å². The molecule has 6 nitrogen and oxygen atoms in total. The van der Waals surface area contributed by atoms with Gasteiger partial charge in [-0.15, -0.1) is 0 Å². The highest BCUT2D eigenvalue weighted by molar-refractivity contribution is 8.15. The fraction of sp³-hybridized carbons (Fsp3) is 0.250. The minimum absolute atomic E-state index is 0.269. The van der Waals surface area contributed by atoms with Gasteiger partial charge in [0.2, 0.25) is 0 Å². The van der Waals surface area contributed by atoms with Gasteiger partial charge in [0.25, 0.3) is 5.91 Å². The van der Waals surface area contributed by atoms with Crippen molar-refractivity contribution in [2.45, 2.75) is 25.5 Å². The van der Waals surface area contributed by atoms with Crippen molar-refractivity contribution < 1.29 is 4.79 Å². The monoisotopic (exact) mass is 381 g/mol. The Labute approximate surface area is 163 Å². The molecule has 0 aliphatic carbocycles. The average molecular weight is 382 g/mol. The molecule has 0 saturated heterocycles. The number of hydrazone groups is 1. The molecule has 4 N–H and O–H groups in total. The van der Waals surface area contributed by atoms with E-state index in [4.69, 9.17) is 5.73 Å². The molecule has 0 radical (unpaired) electrons. The SMILES string of the molecule is CC[C@H]1CN=C(Nc2ccc(/C(C)=N\NC(=O)c3ccc(N)cc3)cc2)S1. The number of hydrogen-bond donors (Lipinski definition) is 3. The van der Waals surface area contributed by atoms with Crippen LogP contribution in [0, 0.1) is 0 Å². The molecule has 1 atom stereocenters. The first-order valence-electron chi connectivity index (χ1n) is 8.84. The van der Waals surface area contributed by atoms with E-state index < -0.39 is 0 Å². The molecule has 27 heavy (non-hydrogen) atoms. The van der Waals surface area contributed by atoms with E-state index in [1.54, 1.807) is 36.0 Å². The third-order valence-corrected chi connectivity index (χ3v) is 5.49. The van der Waals surface area contributed by atoms with Crippen molar-refractivity contribution in [1.82, 2.24) is 5.43 Å². The van der Waals surface area contributed by atoms with Crippen LogP contribution in [0.15, 0.2) is 58.6 Å². The van der Waals surface area contributed by atoms with Crippen LogP contribution in [0.25, 0.3) is 0 Å². The van der Waals surface area contributed by atoms with Gasteiger partial charge in [-0.1, -0.05) is 30.8 Å². The van der Waals surface area contributed by atoms with E-state index in [1.165, 1.54) is 0 Å². The molecule has 140 valence electrons. The number of hydrogen-bond acceptors (Lipinski definition) is 6. The largest absolute Gasteiger partial charge is 0.399 e. The van der Waals surface area contributed by atoms with E-state index >= 15 is 0 Å². The molecule has 0 spiro atoms. The van der Waals surface area contributed by atoms with Crippen molar-refractivity contribution in [3.8, 4) is 0 Å². The van der Waals surface area contributed by atoms with Gasteiger partial charge in [0.15, 0.2) is 5.17 Å². The first-order chi connectivity index (χ1) is 13.0. The Kier molecular flexibility index (Phi) is 6.13. The molecule has 1 heterocycles. The standard InChI is InChI=1S/C20H23N5OS/c1-3-18-12-22-20(27-18)23-17-10-6-14(7-11-17)13(2)24-25-19(26)15-4-8-16(21)9-5-15/h4-11,18H,3,12,21H2,1-2H3,(H,22,23)(H,25,26)/b24-13-/t18-/m0/s1. The number of nitrogens with zero attached hydrogens (tertiary/aromatic N) is 2. The van der Waals surface area contributed by atoms with Crippen molar-refractivity contribution in [1.29, 1.82) is 0 Å². The summed E-state index contributed by atoms with van der Waals surface area (Å²) in [5.41, 5.74) is 12.0. The number of thioether (sulfide) groups is 1. The molecule has 1 amide bonds. The highest BCUT2D eigenvalue weighted by Crippen LogP contribution is 2.24. The lowest BCUT2D eigenvalue weighted by atomic mass is 10.1. The van der Waals surface area contributed by atoms with Gasteiger partial charge in [0.1, 0.15) is 0 Å². The molecule has 2 aromatic carbocycles. The van der Waals surface area contributed by atoms with Gasteiger partial charge in [0.05, 0.1) is 12.3 Å². The summed E-state index contributed by atoms with van der Waals surface area (Å²) in [6.45, 7) is 4.91. The Morgan fingerprint density at radius 1 is 1.19 bits per heavy atom. The van der Waals surface area contributed by atoms with Gasteiger partial charge >= 0.3 is 0 Å². The maximum atomic E-state index is 12.1. The average Bonchev–Trinajstić information content (AvgIpc) is 3.14. The Balaban J connectivity index is 1.58. The molecule has 3 rings (SSSR count). The summed E-state index contributed by atoms with van der Waals surface area (Å²) >= 11 is 1.79. The molecule has 0 saturated carbocycles. The van der Waals surface area contributed by atoms with Crippen molar-refractivity contribution in [3.05, 3.63) is 59.7 Å². The van der Waals surface area contributed by atoms with E-state index in [0.717, 1.165) is 35.1 Å². The highest BCUT2D eigenvalue weighted by atomic mass is 32.2. The first-order valence-corrected chi connectivity index (χ1v) is 9.72. The molecule has 0 fully saturated rings. The summed E-state index contributed by atoms with van der Waals surface area (Å²) in [5.74, 6) is -0.269. The number of carbonyl (C=O) groups excluding carboxylic acids is 1. The lowest BCUT2D eigenvalue weighted by Crippen LogP contribution is -2.19. The maximum Gasteiger partial charge on any atom is 0.271 e. The molecule has 1 aliphatic rings. The van der Waals surface area contributed by atoms with Crippen LogP contribution in [0.1, 0.15) is 36.2 Å². The smallest absolute Gasteiger partial charge is 0.271 e. The van der Waals surface area contributed by atoms with E-state index in [2.05, 4.69) is 27.8 Å². The number of nitrogens with one attached hydrogen (secondary N) is 2. The van der Waals surface area contributed by atoms with Crippen molar-refractivity contribution in [3.63, 3.8) is 0 Å². The number of nitrogens with two attached hydrogens (primary N) is 1. The minimum atomic E-state index is -0.269. The summed E-state index contributed by atoms with van der Waals surface area (Å²) in [6.07, 6.45) is 1.12. The Morgan fingerprint density at radius 3 is 2.48 bits per heavy atom. The third kappa shape index (κ3) is 5.10. The van der Waals surface area contributed by atoms with Gasteiger partial charge in [-0.05, 0) is 55.3 Å². The van der Waals surface area contributed by atoms with E-state index in [0.29, 0.717) is 16.5 Å². The summed E-state index contributed by atoms with van der Waals surface area (Å²) in [6, 6.07) is 14.6. The van der Waals surface area contributed by atoms with Crippen LogP contribution in [0.5, 0.6) is 0 Å². The zero-order valence-electron chi connectivity index (χ0n) is 15.4. The van der Waals surface area contributed by atoms with Gasteiger partial charge in [-0.2, -0.15) is 5.10 Å². The van der Waals surface area contributed by atoms with Gasteiger partial charge in [-0.3, -0.25) is 9.79 Å². The van der Waals surface area contributed by atoms with Crippen LogP contribution in [-0.2, 0) is 0 Å². The topological polar surface area (TPSA) is 91.9 Å². The second-order valence-corrected chi connectivity index (χ2v) is 7.55. The van der Waals surface area contributed by atoms with E-state index in [9.17, 15) is 4.79 Å². The number of rotatable bonds is 5. The van der Waals surface area contributed by atoms with Crippen molar-refractivity contribution in [2.75, 3.05) is 17.6 Å². The number of aliphatic imine (C=N–C) groups is 1. The predicted molar refractivity (Wildman–Crippen MR) is 115 cm³/mol. The predicted octanol–water partition coefficient (Wildman–Crippen LogP) is 3.72. The Hall–Kier alpha value is -2.80. The van der Waals surface area contributed by atoms with Crippen LogP contribution >= 0.6 is 11.8 Å². The molecular formula is C20H23N5OS. The van der Waals surface area contributed by atoms with Crippen LogP contribution in [-0.4, -0.2) is 28.6 Å². The van der Waals surface area contributed by atoms with Crippen LogP contribution in [0.3, 0.4) is 0 Å². The molecular weight excluding hydrogens is 358 g/mol. The number of benzene rings is 2. The van der Waals surface area contributed by atoms with Crippen molar-refractivity contribution >= 4 is 39.9 Å². The molecule has 0 unspecified atom stereocenters. The van der Waals surface area contributed by atoms with Gasteiger partial charge in [-0.25, -0.2) is 5.43 Å². The second-order valence-electron chi connectivity index (χ2n) is 6.26. The Bertz CT molecular complexity index is 859. The lowest BCUT2D eigenvalue weighted by Gasteiger charge is -2.08. The lowest BCUT2D eigenvalue weighted by molar-refractivity contribution is 0.0955. The van der Waals surface area contributed by atoms with Crippen LogP contribution < -0.4 is 16.5 Å². The number of amides is 1. The first kappa shape index (κ1) is 19.0. The molecule has 2 aromatic rings. The number of carbonyl (C=O) groups is 1. The summed E-state index contributed by atoms with van der Waals surface area (Å²) in [7, 11) is 0. The van der Waals surface area contributed by atoms with Crippen molar-refractivity contribution in [2.24, 2.45) is 10.1 Å². The number of nitrogen functional groups attached to an aromatic ring is 1. The molecule has 0 bridgehead atoms. The van der Waals surface area contributed by atoms with Gasteiger partial charge < -0.3 is 11.1 Å². The highest BCUT2D eigenvalue weighted by Gasteiger charge is 2.17. The quantitative estimate of drug-likeness (QED) is 0.418.